The molecule has 6 unspecified atom stereocenters. The number of likely N-dealkylation sites (tertiary alicyclic amines) is 2. The van der Waals surface area contributed by atoms with Crippen LogP contribution in [0, 0.1) is 0 Å². The smallest absolute Gasteiger partial charge is 0.240 e. The Labute approximate surface area is 176 Å². The summed E-state index contributed by atoms with van der Waals surface area (Å²) in [5, 5.41) is 0. The van der Waals surface area contributed by atoms with Crippen molar-refractivity contribution in [3.8, 4) is 0 Å². The van der Waals surface area contributed by atoms with E-state index in [4.69, 9.17) is 0 Å². The van der Waals surface area contributed by atoms with Gasteiger partial charge in [0, 0.05) is 49.8 Å². The first kappa shape index (κ1) is 21.1. The zero-order chi connectivity index (χ0) is 20.9. The molecule has 0 radical (unpaired) electrons. The highest BCUT2D eigenvalue weighted by Gasteiger charge is 2.48. The summed E-state index contributed by atoms with van der Waals surface area (Å²) in [7, 11) is 0. The van der Waals surface area contributed by atoms with E-state index in [0.29, 0.717) is 36.0 Å². The first-order chi connectivity index (χ1) is 13.8. The van der Waals surface area contributed by atoms with Crippen LogP contribution in [-0.4, -0.2) is 93.3 Å². The molecule has 0 aromatic rings. The van der Waals surface area contributed by atoms with E-state index < -0.39 is 0 Å². The van der Waals surface area contributed by atoms with Crippen LogP contribution >= 0.6 is 0 Å². The third-order valence-electron chi connectivity index (χ3n) is 8.13. The summed E-state index contributed by atoms with van der Waals surface area (Å²) in [5.74, 6) is 0.678. The minimum atomic E-state index is 0.0890. The molecular formula is C23H40N4O2. The zero-order valence-corrected chi connectivity index (χ0v) is 19.0. The highest BCUT2D eigenvalue weighted by atomic mass is 16.2. The van der Waals surface area contributed by atoms with Gasteiger partial charge in [0.1, 0.15) is 0 Å². The molecule has 4 bridgehead atoms. The van der Waals surface area contributed by atoms with E-state index in [0.717, 1.165) is 58.2 Å². The molecule has 0 spiro atoms. The van der Waals surface area contributed by atoms with E-state index in [1.165, 1.54) is 0 Å². The van der Waals surface area contributed by atoms with Gasteiger partial charge >= 0.3 is 0 Å². The molecule has 0 aliphatic carbocycles. The maximum absolute atomic E-state index is 13.1. The van der Waals surface area contributed by atoms with Crippen molar-refractivity contribution >= 4 is 11.8 Å². The average Bonchev–Trinajstić information content (AvgIpc) is 3.22. The topological polar surface area (TPSA) is 47.1 Å². The van der Waals surface area contributed by atoms with Gasteiger partial charge < -0.3 is 9.80 Å². The second kappa shape index (κ2) is 8.18. The molecule has 0 aromatic heterocycles. The summed E-state index contributed by atoms with van der Waals surface area (Å²) in [6.07, 6.45) is 6.41. The van der Waals surface area contributed by atoms with Gasteiger partial charge in [-0.15, -0.1) is 0 Å². The van der Waals surface area contributed by atoms with E-state index in [9.17, 15) is 9.59 Å². The largest absolute Gasteiger partial charge is 0.340 e. The Morgan fingerprint density at radius 3 is 2.00 bits per heavy atom. The van der Waals surface area contributed by atoms with Crippen molar-refractivity contribution in [1.29, 1.82) is 0 Å². The molecule has 4 aliphatic heterocycles. The lowest BCUT2D eigenvalue weighted by molar-refractivity contribution is -0.145. The van der Waals surface area contributed by atoms with E-state index in [-0.39, 0.29) is 18.1 Å². The zero-order valence-electron chi connectivity index (χ0n) is 19.0. The van der Waals surface area contributed by atoms with Gasteiger partial charge in [0.05, 0.1) is 12.1 Å². The SMILES string of the molecule is CCN1CC2CCC(C1=O)N2C(C)CCC(C)N1CC2CCC(C1=O)N2C(C)C. The Morgan fingerprint density at radius 1 is 0.793 bits per heavy atom. The maximum Gasteiger partial charge on any atom is 0.240 e. The summed E-state index contributed by atoms with van der Waals surface area (Å²) < 4.78 is 0. The third-order valence-corrected chi connectivity index (χ3v) is 8.13. The van der Waals surface area contributed by atoms with Crippen LogP contribution in [0.15, 0.2) is 0 Å². The van der Waals surface area contributed by atoms with Crippen LogP contribution in [0.1, 0.15) is 73.1 Å². The Hall–Kier alpha value is -1.14. The lowest BCUT2D eigenvalue weighted by Crippen LogP contribution is -2.61. The molecule has 4 fully saturated rings. The monoisotopic (exact) mass is 404 g/mol. The molecule has 6 heteroatoms. The van der Waals surface area contributed by atoms with Crippen LogP contribution in [0.4, 0.5) is 0 Å². The number of piperazine rings is 2. The van der Waals surface area contributed by atoms with Crippen molar-refractivity contribution in [3.63, 3.8) is 0 Å². The van der Waals surface area contributed by atoms with Gasteiger partial charge in [-0.1, -0.05) is 0 Å². The number of hydrogen-bond acceptors (Lipinski definition) is 4. The van der Waals surface area contributed by atoms with Gasteiger partial charge in [0.25, 0.3) is 0 Å². The summed E-state index contributed by atoms with van der Waals surface area (Å²) in [5.41, 5.74) is 0. The van der Waals surface area contributed by atoms with Crippen LogP contribution < -0.4 is 0 Å². The number of amides is 2. The van der Waals surface area contributed by atoms with Crippen molar-refractivity contribution in [2.75, 3.05) is 19.6 Å². The van der Waals surface area contributed by atoms with E-state index in [1.54, 1.807) is 0 Å². The summed E-state index contributed by atoms with van der Waals surface area (Å²) in [4.78, 5) is 35.0. The van der Waals surface area contributed by atoms with Crippen LogP contribution in [-0.2, 0) is 9.59 Å². The molecule has 6 nitrogen and oxygen atoms in total. The first-order valence-corrected chi connectivity index (χ1v) is 12.0. The Morgan fingerprint density at radius 2 is 1.38 bits per heavy atom. The first-order valence-electron chi connectivity index (χ1n) is 12.0. The van der Waals surface area contributed by atoms with E-state index in [2.05, 4.69) is 49.3 Å². The second-order valence-corrected chi connectivity index (χ2v) is 10.1. The van der Waals surface area contributed by atoms with Crippen molar-refractivity contribution in [2.24, 2.45) is 0 Å². The number of rotatable bonds is 7. The fraction of sp³-hybridized carbons (Fsp3) is 0.913. The van der Waals surface area contributed by atoms with Crippen LogP contribution in [0.25, 0.3) is 0 Å². The second-order valence-electron chi connectivity index (χ2n) is 10.1. The number of carbonyl (C=O) groups excluding carboxylic acids is 2. The van der Waals surface area contributed by atoms with Gasteiger partial charge in [-0.3, -0.25) is 19.4 Å². The molecule has 4 heterocycles. The van der Waals surface area contributed by atoms with Crippen LogP contribution in [0.3, 0.4) is 0 Å². The normalized spacial score (nSPS) is 35.1. The molecule has 2 amide bonds. The lowest BCUT2D eigenvalue weighted by atomic mass is 10.0. The van der Waals surface area contributed by atoms with Gasteiger partial charge in [0.15, 0.2) is 0 Å². The van der Waals surface area contributed by atoms with E-state index in [1.807, 2.05) is 4.90 Å². The van der Waals surface area contributed by atoms with Crippen LogP contribution in [0.2, 0.25) is 0 Å². The number of hydrogen-bond donors (Lipinski definition) is 0. The molecule has 4 aliphatic rings. The molecule has 0 saturated carbocycles. The van der Waals surface area contributed by atoms with E-state index >= 15 is 0 Å². The summed E-state index contributed by atoms with van der Waals surface area (Å²) in [6.45, 7) is 13.6. The minimum Gasteiger partial charge on any atom is -0.340 e. The van der Waals surface area contributed by atoms with Crippen molar-refractivity contribution in [1.82, 2.24) is 19.6 Å². The number of fused-ring (bicyclic) bond motifs is 4. The van der Waals surface area contributed by atoms with Gasteiger partial charge in [-0.25, -0.2) is 0 Å². The minimum absolute atomic E-state index is 0.0890. The van der Waals surface area contributed by atoms with Crippen molar-refractivity contribution in [2.45, 2.75) is 115 Å². The Bertz CT molecular complexity index is 638. The predicted octanol–water partition coefficient (Wildman–Crippen LogP) is 2.32. The summed E-state index contributed by atoms with van der Waals surface area (Å²) >= 11 is 0. The number of carbonyl (C=O) groups is 2. The van der Waals surface area contributed by atoms with Crippen LogP contribution in [0.5, 0.6) is 0 Å². The Kier molecular flexibility index (Phi) is 5.95. The molecule has 0 N–H and O–H groups in total. The molecule has 29 heavy (non-hydrogen) atoms. The standard InChI is InChI=1S/C23H40N4O2/c1-6-24-13-18-9-11-20(22(24)28)27(18)17(5)8-7-16(4)25-14-19-10-12-21(23(25)29)26(19)15(2)3/h15-21H,6-14H2,1-5H3. The van der Waals surface area contributed by atoms with Crippen molar-refractivity contribution in [3.05, 3.63) is 0 Å². The predicted molar refractivity (Wildman–Crippen MR) is 115 cm³/mol. The highest BCUT2D eigenvalue weighted by molar-refractivity contribution is 5.84. The molecule has 4 saturated heterocycles. The average molecular weight is 405 g/mol. The molecule has 164 valence electrons. The lowest BCUT2D eigenvalue weighted by Gasteiger charge is -2.46. The molecular weight excluding hydrogens is 364 g/mol. The van der Waals surface area contributed by atoms with Gasteiger partial charge in [-0.2, -0.15) is 0 Å². The third kappa shape index (κ3) is 3.60. The van der Waals surface area contributed by atoms with Gasteiger partial charge in [-0.05, 0) is 73.1 Å². The number of likely N-dealkylation sites (N-methyl/N-ethyl adjacent to an activating group) is 1. The number of nitrogens with zero attached hydrogens (tertiary/aromatic N) is 4. The Balaban J connectivity index is 1.34. The molecule has 6 atom stereocenters. The van der Waals surface area contributed by atoms with Gasteiger partial charge in [0.2, 0.25) is 11.8 Å². The molecule has 0 aromatic carbocycles. The maximum atomic E-state index is 13.1. The summed E-state index contributed by atoms with van der Waals surface area (Å²) in [6, 6.07) is 2.39. The fourth-order valence-corrected chi connectivity index (χ4v) is 6.66. The quantitative estimate of drug-likeness (QED) is 0.653. The molecule has 4 rings (SSSR count). The fourth-order valence-electron chi connectivity index (χ4n) is 6.66. The van der Waals surface area contributed by atoms with Crippen molar-refractivity contribution < 1.29 is 9.59 Å². The highest BCUT2D eigenvalue weighted by Crippen LogP contribution is 2.36.